The van der Waals surface area contributed by atoms with Crippen LogP contribution >= 0.6 is 11.6 Å². The molecule has 0 aliphatic carbocycles. The predicted octanol–water partition coefficient (Wildman–Crippen LogP) is 1.16. The van der Waals surface area contributed by atoms with Gasteiger partial charge in [-0.1, -0.05) is 0 Å². The number of piperidine rings is 1. The Hall–Kier alpha value is -2.15. The van der Waals surface area contributed by atoms with E-state index in [4.69, 9.17) is 16.3 Å². The minimum absolute atomic E-state index is 0.149. The molecular formula is C13H13ClN4O3. The second-order valence-corrected chi connectivity index (χ2v) is 4.96. The number of hydrogen-bond donors (Lipinski definition) is 1. The van der Waals surface area contributed by atoms with Gasteiger partial charge in [0, 0.05) is 12.5 Å². The largest absolute Gasteiger partial charge is 0.481 e. The summed E-state index contributed by atoms with van der Waals surface area (Å²) >= 11 is 5.93. The van der Waals surface area contributed by atoms with Crippen LogP contribution in [0.5, 0.6) is 5.88 Å². The van der Waals surface area contributed by atoms with Gasteiger partial charge in [-0.2, -0.15) is 4.98 Å². The number of nitrogens with one attached hydrogen (secondary N) is 1. The number of rotatable bonds is 3. The molecule has 0 bridgehead atoms. The van der Waals surface area contributed by atoms with Crippen LogP contribution < -0.4 is 10.1 Å². The third kappa shape index (κ3) is 2.33. The third-order valence-electron chi connectivity index (χ3n) is 3.44. The predicted molar refractivity (Wildman–Crippen MR) is 75.1 cm³/mol. The van der Waals surface area contributed by atoms with Gasteiger partial charge in [0.2, 0.25) is 17.7 Å². The van der Waals surface area contributed by atoms with Crippen LogP contribution in [0.25, 0.3) is 11.2 Å². The molecule has 7 nitrogen and oxygen atoms in total. The lowest BCUT2D eigenvalue weighted by atomic mass is 10.1. The van der Waals surface area contributed by atoms with E-state index in [1.807, 2.05) is 0 Å². The van der Waals surface area contributed by atoms with Gasteiger partial charge in [0.25, 0.3) is 0 Å². The van der Waals surface area contributed by atoms with Crippen molar-refractivity contribution in [3.05, 3.63) is 18.0 Å². The van der Waals surface area contributed by atoms with Crippen molar-refractivity contribution < 1.29 is 14.3 Å². The Morgan fingerprint density at radius 3 is 2.90 bits per heavy atom. The number of nitrogens with zero attached hydrogens (tertiary/aromatic N) is 3. The fraction of sp³-hybridized carbons (Fsp3) is 0.385. The van der Waals surface area contributed by atoms with Gasteiger partial charge in [0.05, 0.1) is 13.0 Å². The fourth-order valence-electron chi connectivity index (χ4n) is 2.47. The van der Waals surface area contributed by atoms with Crippen LogP contribution in [0.2, 0.25) is 0 Å². The number of carbonyl (C=O) groups is 2. The lowest BCUT2D eigenvalue weighted by molar-refractivity contribution is -0.135. The molecule has 3 rings (SSSR count). The van der Waals surface area contributed by atoms with Crippen LogP contribution in [0.3, 0.4) is 0 Å². The van der Waals surface area contributed by atoms with E-state index in [0.717, 1.165) is 0 Å². The minimum atomic E-state index is -0.541. The van der Waals surface area contributed by atoms with Crippen molar-refractivity contribution in [1.82, 2.24) is 19.9 Å². The SMILES string of the molecule is COc1ccc2nc(CCl)n(C3CCC(=O)NC3=O)c2n1. The van der Waals surface area contributed by atoms with Gasteiger partial charge in [-0.15, -0.1) is 11.6 Å². The number of ether oxygens (including phenoxy) is 1. The Morgan fingerprint density at radius 1 is 1.43 bits per heavy atom. The minimum Gasteiger partial charge on any atom is -0.481 e. The Kier molecular flexibility index (Phi) is 3.50. The average molecular weight is 309 g/mol. The number of hydrogen-bond acceptors (Lipinski definition) is 5. The van der Waals surface area contributed by atoms with E-state index in [1.165, 1.54) is 7.11 Å². The molecule has 1 fully saturated rings. The first-order chi connectivity index (χ1) is 10.1. The maximum Gasteiger partial charge on any atom is 0.249 e. The maximum atomic E-state index is 12.1. The van der Waals surface area contributed by atoms with E-state index < -0.39 is 6.04 Å². The first kappa shape index (κ1) is 13.8. The van der Waals surface area contributed by atoms with Crippen LogP contribution in [0.1, 0.15) is 24.7 Å². The van der Waals surface area contributed by atoms with Crippen molar-refractivity contribution in [2.24, 2.45) is 0 Å². The highest BCUT2D eigenvalue weighted by Crippen LogP contribution is 2.27. The molecule has 1 unspecified atom stereocenters. The van der Waals surface area contributed by atoms with E-state index in [0.29, 0.717) is 29.3 Å². The first-order valence-corrected chi connectivity index (χ1v) is 6.99. The second-order valence-electron chi connectivity index (χ2n) is 4.69. The van der Waals surface area contributed by atoms with Gasteiger partial charge in [0.1, 0.15) is 17.4 Å². The van der Waals surface area contributed by atoms with E-state index in [1.54, 1.807) is 16.7 Å². The molecule has 2 amide bonds. The average Bonchev–Trinajstić information content (AvgIpc) is 2.84. The van der Waals surface area contributed by atoms with E-state index in [2.05, 4.69) is 15.3 Å². The summed E-state index contributed by atoms with van der Waals surface area (Å²) in [4.78, 5) is 32.1. The van der Waals surface area contributed by atoms with Crippen molar-refractivity contribution in [1.29, 1.82) is 0 Å². The summed E-state index contributed by atoms with van der Waals surface area (Å²) in [7, 11) is 1.52. The van der Waals surface area contributed by atoms with Crippen molar-refractivity contribution in [3.63, 3.8) is 0 Å². The van der Waals surface area contributed by atoms with Gasteiger partial charge in [-0.25, -0.2) is 4.98 Å². The summed E-state index contributed by atoms with van der Waals surface area (Å²) in [5.41, 5.74) is 1.16. The van der Waals surface area contributed by atoms with E-state index in [-0.39, 0.29) is 24.1 Å². The third-order valence-corrected chi connectivity index (χ3v) is 3.67. The smallest absolute Gasteiger partial charge is 0.249 e. The van der Waals surface area contributed by atoms with Crippen molar-refractivity contribution in [3.8, 4) is 5.88 Å². The van der Waals surface area contributed by atoms with Crippen LogP contribution in [0, 0.1) is 0 Å². The quantitative estimate of drug-likeness (QED) is 0.679. The number of fused-ring (bicyclic) bond motifs is 1. The number of imide groups is 1. The molecule has 0 radical (unpaired) electrons. The number of alkyl halides is 1. The molecule has 0 spiro atoms. The molecule has 0 saturated carbocycles. The number of aromatic nitrogens is 3. The molecule has 21 heavy (non-hydrogen) atoms. The molecule has 3 heterocycles. The van der Waals surface area contributed by atoms with Crippen LogP contribution in [-0.2, 0) is 15.5 Å². The Balaban J connectivity index is 2.15. The van der Waals surface area contributed by atoms with Crippen LogP contribution in [0.15, 0.2) is 12.1 Å². The van der Waals surface area contributed by atoms with Gasteiger partial charge in [-0.05, 0) is 12.5 Å². The van der Waals surface area contributed by atoms with E-state index >= 15 is 0 Å². The Bertz CT molecular complexity index is 728. The Morgan fingerprint density at radius 2 is 2.24 bits per heavy atom. The fourth-order valence-corrected chi connectivity index (χ4v) is 2.66. The van der Waals surface area contributed by atoms with Gasteiger partial charge >= 0.3 is 0 Å². The van der Waals surface area contributed by atoms with Crippen LogP contribution in [0.4, 0.5) is 0 Å². The number of methoxy groups -OCH3 is 1. The zero-order valence-corrected chi connectivity index (χ0v) is 12.1. The van der Waals surface area contributed by atoms with Crippen molar-refractivity contribution >= 4 is 34.6 Å². The molecule has 1 N–H and O–H groups in total. The van der Waals surface area contributed by atoms with Gasteiger partial charge < -0.3 is 4.74 Å². The van der Waals surface area contributed by atoms with Crippen molar-refractivity contribution in [2.75, 3.05) is 7.11 Å². The molecule has 1 atom stereocenters. The highest BCUT2D eigenvalue weighted by molar-refractivity contribution is 6.17. The summed E-state index contributed by atoms with van der Waals surface area (Å²) in [6.07, 6.45) is 0.681. The molecule has 8 heteroatoms. The molecule has 1 aliphatic rings. The molecule has 0 aromatic carbocycles. The molecule has 2 aromatic heterocycles. The monoisotopic (exact) mass is 308 g/mol. The topological polar surface area (TPSA) is 86.1 Å². The first-order valence-electron chi connectivity index (χ1n) is 6.45. The number of halogens is 1. The normalized spacial score (nSPS) is 18.9. The summed E-state index contributed by atoms with van der Waals surface area (Å²) in [5.74, 6) is 0.496. The van der Waals surface area contributed by atoms with E-state index in [9.17, 15) is 9.59 Å². The van der Waals surface area contributed by atoms with Crippen LogP contribution in [-0.4, -0.2) is 33.5 Å². The lowest BCUT2D eigenvalue weighted by Gasteiger charge is -2.23. The summed E-state index contributed by atoms with van der Waals surface area (Å²) in [6, 6.07) is 2.92. The number of pyridine rings is 1. The summed E-state index contributed by atoms with van der Waals surface area (Å²) in [6.45, 7) is 0. The molecule has 1 saturated heterocycles. The Labute approximate surface area is 125 Å². The van der Waals surface area contributed by atoms with Crippen molar-refractivity contribution in [2.45, 2.75) is 24.8 Å². The summed E-state index contributed by atoms with van der Waals surface area (Å²) < 4.78 is 6.80. The lowest BCUT2D eigenvalue weighted by Crippen LogP contribution is -2.42. The van der Waals surface area contributed by atoms with Gasteiger partial charge in [0.15, 0.2) is 5.65 Å². The zero-order chi connectivity index (χ0) is 15.0. The molecule has 110 valence electrons. The maximum absolute atomic E-state index is 12.1. The highest BCUT2D eigenvalue weighted by atomic mass is 35.5. The molecular weight excluding hydrogens is 296 g/mol. The number of imidazole rings is 1. The zero-order valence-electron chi connectivity index (χ0n) is 11.3. The second kappa shape index (κ2) is 5.33. The molecule has 1 aliphatic heterocycles. The van der Waals surface area contributed by atoms with Gasteiger partial charge in [-0.3, -0.25) is 19.5 Å². The summed E-state index contributed by atoms with van der Waals surface area (Å²) in [5, 5.41) is 2.33. The number of carbonyl (C=O) groups excluding carboxylic acids is 2. The molecule has 2 aromatic rings. The number of amides is 2. The standard InChI is InChI=1S/C13H13ClN4O3/c1-21-11-5-2-7-12(17-11)18(9(6-14)15-7)8-3-4-10(19)16-13(8)20/h2,5,8H,3-4,6H2,1H3,(H,16,19,20). The highest BCUT2D eigenvalue weighted by Gasteiger charge is 2.31.